The third kappa shape index (κ3) is 3.00. The second kappa shape index (κ2) is 5.23. The van der Waals surface area contributed by atoms with E-state index in [0.717, 1.165) is 18.1 Å². The summed E-state index contributed by atoms with van der Waals surface area (Å²) in [5.41, 5.74) is 5.44. The summed E-state index contributed by atoms with van der Waals surface area (Å²) in [7, 11) is 0. The number of hydrogen-bond donors (Lipinski definition) is 1. The van der Waals surface area contributed by atoms with E-state index in [4.69, 9.17) is 0 Å². The minimum atomic E-state index is 0.784. The van der Waals surface area contributed by atoms with Crippen LogP contribution in [0.25, 0.3) is 0 Å². The number of aryl methyl sites for hydroxylation is 3. The highest BCUT2D eigenvalue weighted by atomic mass is 32.1. The first-order valence-electron chi connectivity index (χ1n) is 5.62. The van der Waals surface area contributed by atoms with E-state index in [1.54, 1.807) is 0 Å². The van der Waals surface area contributed by atoms with Crippen LogP contribution in [0, 0.1) is 20.8 Å². The van der Waals surface area contributed by atoms with E-state index in [1.807, 2.05) is 0 Å². The Morgan fingerprint density at radius 1 is 1.12 bits per heavy atom. The Morgan fingerprint density at radius 3 is 2.59 bits per heavy atom. The Bertz CT molecular complexity index is 493. The zero-order valence-corrected chi connectivity index (χ0v) is 11.1. The molecule has 0 saturated carbocycles. The first-order chi connectivity index (χ1) is 8.16. The van der Waals surface area contributed by atoms with Gasteiger partial charge < -0.3 is 5.32 Å². The molecule has 0 aliphatic rings. The van der Waals surface area contributed by atoms with Crippen molar-refractivity contribution in [3.63, 3.8) is 0 Å². The smallest absolute Gasteiger partial charge is 0.225 e. The summed E-state index contributed by atoms with van der Waals surface area (Å²) >= 11 is 1.28. The lowest BCUT2D eigenvalue weighted by Crippen LogP contribution is -2.06. The Labute approximate surface area is 105 Å². The minimum Gasteiger partial charge on any atom is -0.359 e. The second-order valence-corrected chi connectivity index (χ2v) is 4.94. The van der Waals surface area contributed by atoms with E-state index in [2.05, 4.69) is 53.0 Å². The Balaban J connectivity index is 1.97. The van der Waals surface area contributed by atoms with Gasteiger partial charge in [0.15, 0.2) is 0 Å². The standard InChI is InChI=1S/C12H16N4S/c1-8-6-10(3)11(7-9(8)2)4-5-13-12-14-15-16-17-12/h6-7H,4-5H2,1-3H3,(H,13,14,16). The van der Waals surface area contributed by atoms with Crippen LogP contribution in [0.5, 0.6) is 0 Å². The summed E-state index contributed by atoms with van der Waals surface area (Å²) in [6.07, 6.45) is 0.993. The van der Waals surface area contributed by atoms with Crippen LogP contribution in [0.2, 0.25) is 0 Å². The lowest BCUT2D eigenvalue weighted by Gasteiger charge is -2.09. The highest BCUT2D eigenvalue weighted by molar-refractivity contribution is 7.09. The number of rotatable bonds is 4. The summed E-state index contributed by atoms with van der Waals surface area (Å²) < 4.78 is 3.71. The van der Waals surface area contributed by atoms with Crippen molar-refractivity contribution in [3.8, 4) is 0 Å². The minimum absolute atomic E-state index is 0.784. The maximum Gasteiger partial charge on any atom is 0.225 e. The fraction of sp³-hybridized carbons (Fsp3) is 0.417. The molecule has 90 valence electrons. The van der Waals surface area contributed by atoms with Gasteiger partial charge in [0.05, 0.1) is 0 Å². The van der Waals surface area contributed by atoms with E-state index in [9.17, 15) is 0 Å². The molecule has 0 amide bonds. The van der Waals surface area contributed by atoms with Crippen molar-refractivity contribution in [3.05, 3.63) is 34.4 Å². The van der Waals surface area contributed by atoms with Crippen LogP contribution in [0.15, 0.2) is 12.1 Å². The molecule has 2 aromatic rings. The van der Waals surface area contributed by atoms with Gasteiger partial charge in [0.2, 0.25) is 5.13 Å². The van der Waals surface area contributed by atoms with Gasteiger partial charge in [-0.3, -0.25) is 0 Å². The van der Waals surface area contributed by atoms with Gasteiger partial charge in [-0.2, -0.15) is 0 Å². The highest BCUT2D eigenvalue weighted by Crippen LogP contribution is 2.16. The van der Waals surface area contributed by atoms with Crippen LogP contribution >= 0.6 is 11.5 Å². The first kappa shape index (κ1) is 12.0. The van der Waals surface area contributed by atoms with Crippen molar-refractivity contribution in [1.29, 1.82) is 0 Å². The number of hydrogen-bond acceptors (Lipinski definition) is 5. The van der Waals surface area contributed by atoms with E-state index in [-0.39, 0.29) is 0 Å². The van der Waals surface area contributed by atoms with Crippen molar-refractivity contribution < 1.29 is 0 Å². The molecule has 5 heteroatoms. The first-order valence-corrected chi connectivity index (χ1v) is 6.40. The van der Waals surface area contributed by atoms with E-state index in [0.29, 0.717) is 0 Å². The molecule has 4 nitrogen and oxygen atoms in total. The highest BCUT2D eigenvalue weighted by Gasteiger charge is 2.02. The molecule has 17 heavy (non-hydrogen) atoms. The van der Waals surface area contributed by atoms with Gasteiger partial charge in [-0.25, -0.2) is 0 Å². The third-order valence-corrected chi connectivity index (χ3v) is 3.48. The van der Waals surface area contributed by atoms with Gasteiger partial charge in [-0.1, -0.05) is 21.7 Å². The van der Waals surface area contributed by atoms with Crippen LogP contribution in [0.1, 0.15) is 22.3 Å². The zero-order chi connectivity index (χ0) is 12.3. The van der Waals surface area contributed by atoms with Crippen molar-refractivity contribution >= 4 is 16.7 Å². The Hall–Kier alpha value is -1.49. The van der Waals surface area contributed by atoms with Gasteiger partial charge in [-0.05, 0) is 54.7 Å². The summed E-state index contributed by atoms with van der Waals surface area (Å²) in [4.78, 5) is 0. The molecule has 0 unspecified atom stereocenters. The molecule has 0 spiro atoms. The van der Waals surface area contributed by atoms with Crippen molar-refractivity contribution in [1.82, 2.24) is 14.8 Å². The average Bonchev–Trinajstić information content (AvgIpc) is 2.78. The molecule has 1 heterocycles. The quantitative estimate of drug-likeness (QED) is 0.903. The monoisotopic (exact) mass is 248 g/mol. The fourth-order valence-electron chi connectivity index (χ4n) is 1.80. The molecule has 0 fully saturated rings. The Kier molecular flexibility index (Phi) is 3.68. The van der Waals surface area contributed by atoms with Crippen LogP contribution in [-0.2, 0) is 6.42 Å². The fourth-order valence-corrected chi connectivity index (χ4v) is 2.19. The van der Waals surface area contributed by atoms with Gasteiger partial charge in [0.25, 0.3) is 0 Å². The third-order valence-electron chi connectivity index (χ3n) is 2.92. The van der Waals surface area contributed by atoms with Crippen molar-refractivity contribution in [2.75, 3.05) is 11.9 Å². The molecule has 1 N–H and O–H groups in total. The summed E-state index contributed by atoms with van der Waals surface area (Å²) in [6, 6.07) is 4.52. The average molecular weight is 248 g/mol. The van der Waals surface area contributed by atoms with Crippen molar-refractivity contribution in [2.24, 2.45) is 0 Å². The molecule has 0 aliphatic heterocycles. The lowest BCUT2D eigenvalue weighted by molar-refractivity contribution is 0.938. The second-order valence-electron chi connectivity index (χ2n) is 4.21. The zero-order valence-electron chi connectivity index (χ0n) is 10.3. The molecule has 0 bridgehead atoms. The Morgan fingerprint density at radius 2 is 1.88 bits per heavy atom. The molecule has 1 aromatic heterocycles. The molecule has 0 saturated heterocycles. The molecule has 1 aromatic carbocycles. The number of nitrogens with one attached hydrogen (secondary N) is 1. The van der Waals surface area contributed by atoms with Gasteiger partial charge in [0, 0.05) is 18.1 Å². The van der Waals surface area contributed by atoms with Crippen LogP contribution in [-0.4, -0.2) is 21.3 Å². The van der Waals surface area contributed by atoms with E-state index < -0.39 is 0 Å². The predicted octanol–water partition coefficient (Wildman–Crippen LogP) is 2.51. The summed E-state index contributed by atoms with van der Waals surface area (Å²) in [5.74, 6) is 0. The van der Waals surface area contributed by atoms with Crippen LogP contribution < -0.4 is 5.32 Å². The predicted molar refractivity (Wildman–Crippen MR) is 70.6 cm³/mol. The molecular formula is C12H16N4S. The molecule has 0 atom stereocenters. The van der Waals surface area contributed by atoms with Crippen LogP contribution in [0.3, 0.4) is 0 Å². The van der Waals surface area contributed by atoms with Gasteiger partial charge in [0.1, 0.15) is 0 Å². The number of anilines is 1. The van der Waals surface area contributed by atoms with Crippen molar-refractivity contribution in [2.45, 2.75) is 27.2 Å². The maximum atomic E-state index is 3.85. The number of nitrogens with zero attached hydrogens (tertiary/aromatic N) is 3. The number of aromatic nitrogens is 3. The lowest BCUT2D eigenvalue weighted by atomic mass is 9.99. The number of benzene rings is 1. The SMILES string of the molecule is Cc1cc(C)c(CCNc2nnns2)cc1C. The van der Waals surface area contributed by atoms with E-state index >= 15 is 0 Å². The van der Waals surface area contributed by atoms with Gasteiger partial charge in [-0.15, -0.1) is 0 Å². The van der Waals surface area contributed by atoms with E-state index in [1.165, 1.54) is 33.8 Å². The molecular weight excluding hydrogens is 232 g/mol. The van der Waals surface area contributed by atoms with Crippen LogP contribution in [0.4, 0.5) is 5.13 Å². The molecule has 2 rings (SSSR count). The maximum absolute atomic E-state index is 3.85. The molecule has 0 aliphatic carbocycles. The summed E-state index contributed by atoms with van der Waals surface area (Å²) in [6.45, 7) is 7.33. The largest absolute Gasteiger partial charge is 0.359 e. The van der Waals surface area contributed by atoms with Gasteiger partial charge >= 0.3 is 0 Å². The summed E-state index contributed by atoms with van der Waals surface area (Å²) in [5, 5.41) is 11.4. The molecule has 0 radical (unpaired) electrons. The normalized spacial score (nSPS) is 10.5. The topological polar surface area (TPSA) is 50.7 Å².